The Labute approximate surface area is 93.9 Å². The lowest BCUT2D eigenvalue weighted by Gasteiger charge is -2.05. The Kier molecular flexibility index (Phi) is 2.86. The Morgan fingerprint density at radius 2 is 2.12 bits per heavy atom. The van der Waals surface area contributed by atoms with Gasteiger partial charge in [0.05, 0.1) is 0 Å². The molecule has 2 aromatic rings. The van der Waals surface area contributed by atoms with Gasteiger partial charge in [-0.2, -0.15) is 0 Å². The summed E-state index contributed by atoms with van der Waals surface area (Å²) in [4.78, 5) is 4.02. The number of aromatic nitrogens is 1. The quantitative estimate of drug-likeness (QED) is 0.838. The number of anilines is 1. The summed E-state index contributed by atoms with van der Waals surface area (Å²) in [5, 5.41) is 0. The number of pyridine rings is 1. The average Bonchev–Trinajstić information content (AvgIpc) is 2.27. The first-order chi connectivity index (χ1) is 7.66. The highest BCUT2D eigenvalue weighted by Gasteiger charge is 2.03. The molecule has 0 saturated carbocycles. The lowest BCUT2D eigenvalue weighted by molar-refractivity contribution is 0.618. The van der Waals surface area contributed by atoms with Crippen molar-refractivity contribution in [1.82, 2.24) is 4.98 Å². The van der Waals surface area contributed by atoms with Crippen molar-refractivity contribution < 1.29 is 4.39 Å². The summed E-state index contributed by atoms with van der Waals surface area (Å²) in [5.74, 6) is 0.354. The van der Waals surface area contributed by atoms with E-state index in [1.54, 1.807) is 19.2 Å². The fourth-order valence-corrected chi connectivity index (χ4v) is 1.64. The van der Waals surface area contributed by atoms with E-state index in [2.05, 4.69) is 4.98 Å². The number of nitrogen functional groups attached to an aromatic ring is 1. The molecule has 0 spiro atoms. The van der Waals surface area contributed by atoms with Crippen LogP contribution in [0.15, 0.2) is 36.5 Å². The van der Waals surface area contributed by atoms with Gasteiger partial charge in [-0.3, -0.25) is 0 Å². The van der Waals surface area contributed by atoms with Crippen molar-refractivity contribution in [3.8, 4) is 0 Å². The topological polar surface area (TPSA) is 38.9 Å². The zero-order chi connectivity index (χ0) is 11.5. The van der Waals surface area contributed by atoms with Crippen LogP contribution in [0.3, 0.4) is 0 Å². The van der Waals surface area contributed by atoms with Crippen molar-refractivity contribution in [3.05, 3.63) is 59.0 Å². The maximum atomic E-state index is 13.1. The van der Waals surface area contributed by atoms with E-state index in [1.165, 1.54) is 6.07 Å². The summed E-state index contributed by atoms with van der Waals surface area (Å²) < 4.78 is 13.1. The van der Waals surface area contributed by atoms with Crippen molar-refractivity contribution in [2.24, 2.45) is 0 Å². The van der Waals surface area contributed by atoms with Gasteiger partial charge in [0.2, 0.25) is 0 Å². The van der Waals surface area contributed by atoms with Gasteiger partial charge in [0, 0.05) is 12.6 Å². The number of nitrogens with zero attached hydrogens (tertiary/aromatic N) is 1. The van der Waals surface area contributed by atoms with Crippen LogP contribution in [0.4, 0.5) is 10.2 Å². The van der Waals surface area contributed by atoms with Gasteiger partial charge in [0.1, 0.15) is 11.6 Å². The van der Waals surface area contributed by atoms with Crippen LogP contribution >= 0.6 is 0 Å². The molecule has 3 heteroatoms. The van der Waals surface area contributed by atoms with Crippen molar-refractivity contribution in [2.75, 3.05) is 5.73 Å². The van der Waals surface area contributed by atoms with Crippen molar-refractivity contribution >= 4 is 5.82 Å². The number of hydrogen-bond donors (Lipinski definition) is 1. The van der Waals surface area contributed by atoms with E-state index in [9.17, 15) is 4.39 Å². The molecule has 1 aromatic heterocycles. The van der Waals surface area contributed by atoms with Crippen LogP contribution in [0.2, 0.25) is 0 Å². The molecule has 82 valence electrons. The van der Waals surface area contributed by atoms with Crippen molar-refractivity contribution in [3.63, 3.8) is 0 Å². The van der Waals surface area contributed by atoms with E-state index < -0.39 is 0 Å². The molecule has 0 radical (unpaired) electrons. The van der Waals surface area contributed by atoms with E-state index in [-0.39, 0.29) is 5.82 Å². The fourth-order valence-electron chi connectivity index (χ4n) is 1.64. The van der Waals surface area contributed by atoms with E-state index in [1.807, 2.05) is 18.2 Å². The molecule has 0 unspecified atom stereocenters. The maximum Gasteiger partial charge on any atom is 0.126 e. The Hall–Kier alpha value is -1.90. The zero-order valence-corrected chi connectivity index (χ0v) is 9.07. The molecule has 1 aromatic carbocycles. The molecule has 0 saturated heterocycles. The second-order valence-corrected chi connectivity index (χ2v) is 3.81. The van der Waals surface area contributed by atoms with Gasteiger partial charge in [-0.25, -0.2) is 9.37 Å². The molecule has 0 aliphatic carbocycles. The van der Waals surface area contributed by atoms with Gasteiger partial charge in [0.25, 0.3) is 0 Å². The number of rotatable bonds is 2. The molecule has 0 aliphatic heterocycles. The summed E-state index contributed by atoms with van der Waals surface area (Å²) >= 11 is 0. The maximum absolute atomic E-state index is 13.1. The van der Waals surface area contributed by atoms with Gasteiger partial charge in [-0.15, -0.1) is 0 Å². The standard InChI is InChI=1S/C13H13FN2/c1-9-7-10(4-5-12(9)14)8-11-3-2-6-16-13(11)15/h2-7H,8H2,1H3,(H2,15,16). The van der Waals surface area contributed by atoms with Crippen LogP contribution in [-0.4, -0.2) is 4.98 Å². The molecule has 0 fully saturated rings. The SMILES string of the molecule is Cc1cc(Cc2cccnc2N)ccc1F. The van der Waals surface area contributed by atoms with Gasteiger partial charge in [0.15, 0.2) is 0 Å². The van der Waals surface area contributed by atoms with E-state index in [0.29, 0.717) is 17.8 Å². The van der Waals surface area contributed by atoms with E-state index in [0.717, 1.165) is 11.1 Å². The third-order valence-corrected chi connectivity index (χ3v) is 2.54. The highest BCUT2D eigenvalue weighted by molar-refractivity contribution is 5.42. The Morgan fingerprint density at radius 1 is 1.31 bits per heavy atom. The Bertz CT molecular complexity index is 509. The number of benzene rings is 1. The molecule has 1 heterocycles. The molecule has 0 bridgehead atoms. The minimum Gasteiger partial charge on any atom is -0.383 e. The highest BCUT2D eigenvalue weighted by atomic mass is 19.1. The van der Waals surface area contributed by atoms with Crippen LogP contribution in [0, 0.1) is 12.7 Å². The van der Waals surface area contributed by atoms with Crippen molar-refractivity contribution in [2.45, 2.75) is 13.3 Å². The molecule has 2 rings (SSSR count). The Morgan fingerprint density at radius 3 is 2.81 bits per heavy atom. The number of aryl methyl sites for hydroxylation is 1. The molecule has 2 N–H and O–H groups in total. The van der Waals surface area contributed by atoms with Gasteiger partial charge in [-0.1, -0.05) is 18.2 Å². The van der Waals surface area contributed by atoms with Crippen LogP contribution < -0.4 is 5.73 Å². The third kappa shape index (κ3) is 2.19. The van der Waals surface area contributed by atoms with Gasteiger partial charge in [-0.05, 0) is 35.7 Å². The minimum atomic E-state index is -0.178. The number of nitrogens with two attached hydrogens (primary N) is 1. The normalized spacial score (nSPS) is 10.4. The summed E-state index contributed by atoms with van der Waals surface area (Å²) in [6.07, 6.45) is 2.34. The Balaban J connectivity index is 2.28. The highest BCUT2D eigenvalue weighted by Crippen LogP contribution is 2.16. The minimum absolute atomic E-state index is 0.178. The lowest BCUT2D eigenvalue weighted by Crippen LogP contribution is -1.98. The molecule has 16 heavy (non-hydrogen) atoms. The second kappa shape index (κ2) is 4.31. The van der Waals surface area contributed by atoms with Crippen LogP contribution in [0.1, 0.15) is 16.7 Å². The van der Waals surface area contributed by atoms with Gasteiger partial charge < -0.3 is 5.73 Å². The first-order valence-corrected chi connectivity index (χ1v) is 5.11. The van der Waals surface area contributed by atoms with Gasteiger partial charge >= 0.3 is 0 Å². The van der Waals surface area contributed by atoms with E-state index in [4.69, 9.17) is 5.73 Å². The predicted octanol–water partition coefficient (Wildman–Crippen LogP) is 2.70. The predicted molar refractivity (Wildman–Crippen MR) is 62.6 cm³/mol. The zero-order valence-electron chi connectivity index (χ0n) is 9.07. The van der Waals surface area contributed by atoms with Crippen LogP contribution in [0.5, 0.6) is 0 Å². The fraction of sp³-hybridized carbons (Fsp3) is 0.154. The largest absolute Gasteiger partial charge is 0.383 e. The molecule has 0 atom stereocenters. The lowest BCUT2D eigenvalue weighted by atomic mass is 10.0. The first-order valence-electron chi connectivity index (χ1n) is 5.11. The number of hydrogen-bond acceptors (Lipinski definition) is 2. The van der Waals surface area contributed by atoms with Crippen molar-refractivity contribution in [1.29, 1.82) is 0 Å². The van der Waals surface area contributed by atoms with Crippen LogP contribution in [0.25, 0.3) is 0 Å². The summed E-state index contributed by atoms with van der Waals surface area (Å²) in [6, 6.07) is 8.87. The van der Waals surface area contributed by atoms with Crippen LogP contribution in [-0.2, 0) is 6.42 Å². The molecule has 0 aliphatic rings. The second-order valence-electron chi connectivity index (χ2n) is 3.81. The molecular weight excluding hydrogens is 203 g/mol. The summed E-state index contributed by atoms with van der Waals surface area (Å²) in [6.45, 7) is 1.76. The number of halogens is 1. The molecule has 2 nitrogen and oxygen atoms in total. The third-order valence-electron chi connectivity index (χ3n) is 2.54. The monoisotopic (exact) mass is 216 g/mol. The summed E-state index contributed by atoms with van der Waals surface area (Å²) in [5.41, 5.74) is 8.41. The molecule has 0 amide bonds. The average molecular weight is 216 g/mol. The first kappa shape index (κ1) is 10.6. The smallest absolute Gasteiger partial charge is 0.126 e. The molecular formula is C13H13FN2. The van der Waals surface area contributed by atoms with E-state index >= 15 is 0 Å². The summed E-state index contributed by atoms with van der Waals surface area (Å²) in [7, 11) is 0.